The molecular formula is C10H13N3O2S. The molecule has 0 aliphatic rings. The largest absolute Gasteiger partial charge is 0.462 e. The maximum absolute atomic E-state index is 5.52. The van der Waals surface area contributed by atoms with Gasteiger partial charge < -0.3 is 14.5 Å². The van der Waals surface area contributed by atoms with E-state index < -0.39 is 0 Å². The summed E-state index contributed by atoms with van der Waals surface area (Å²) in [5.74, 6) is 2.47. The molecule has 2 rings (SSSR count). The Bertz CT molecular complexity index is 452. The van der Waals surface area contributed by atoms with Crippen LogP contribution >= 0.6 is 11.5 Å². The minimum absolute atomic E-state index is 0.498. The van der Waals surface area contributed by atoms with Gasteiger partial charge in [0.25, 0.3) is 0 Å². The Kier molecular flexibility index (Phi) is 3.53. The molecule has 0 spiro atoms. The molecule has 1 N–H and O–H groups in total. The highest BCUT2D eigenvalue weighted by molar-refractivity contribution is 7.09. The van der Waals surface area contributed by atoms with Crippen LogP contribution in [-0.4, -0.2) is 16.5 Å². The molecule has 0 saturated heterocycles. The summed E-state index contributed by atoms with van der Waals surface area (Å²) < 4.78 is 14.6. The number of hydrogen-bond acceptors (Lipinski definition) is 6. The molecule has 0 unspecified atom stereocenters. The topological polar surface area (TPSA) is 60.2 Å². The highest BCUT2D eigenvalue weighted by Gasteiger charge is 2.03. The van der Waals surface area contributed by atoms with Gasteiger partial charge in [-0.05, 0) is 19.1 Å². The van der Waals surface area contributed by atoms with Crippen molar-refractivity contribution < 1.29 is 9.15 Å². The monoisotopic (exact) mass is 239 g/mol. The van der Waals surface area contributed by atoms with Gasteiger partial charge in [-0.2, -0.15) is 4.37 Å². The highest BCUT2D eigenvalue weighted by Crippen LogP contribution is 2.14. The first-order valence-corrected chi connectivity index (χ1v) is 5.66. The third-order valence-electron chi connectivity index (χ3n) is 1.95. The van der Waals surface area contributed by atoms with Gasteiger partial charge in [-0.25, -0.2) is 4.98 Å². The summed E-state index contributed by atoms with van der Waals surface area (Å²) in [6.45, 7) is 2.97. The molecule has 0 aromatic carbocycles. The van der Waals surface area contributed by atoms with E-state index in [-0.39, 0.29) is 0 Å². The van der Waals surface area contributed by atoms with Crippen LogP contribution in [0.25, 0.3) is 0 Å². The minimum atomic E-state index is 0.498. The molecule has 5 nitrogen and oxygen atoms in total. The minimum Gasteiger partial charge on any atom is -0.462 e. The van der Waals surface area contributed by atoms with Gasteiger partial charge in [-0.1, -0.05) is 0 Å². The number of nitrogens with one attached hydrogen (secondary N) is 1. The fraction of sp³-hybridized carbons (Fsp3) is 0.400. The molecule has 6 heteroatoms. The van der Waals surface area contributed by atoms with E-state index in [0.29, 0.717) is 13.2 Å². The van der Waals surface area contributed by atoms with Gasteiger partial charge in [0.15, 0.2) is 0 Å². The number of anilines is 1. The van der Waals surface area contributed by atoms with Crippen molar-refractivity contribution in [3.63, 3.8) is 0 Å². The Morgan fingerprint density at radius 3 is 2.94 bits per heavy atom. The van der Waals surface area contributed by atoms with Crippen LogP contribution in [0.2, 0.25) is 0 Å². The van der Waals surface area contributed by atoms with Crippen molar-refractivity contribution in [1.29, 1.82) is 0 Å². The lowest BCUT2D eigenvalue weighted by Gasteiger charge is -1.98. The fourth-order valence-corrected chi connectivity index (χ4v) is 1.84. The zero-order valence-corrected chi connectivity index (χ0v) is 10.0. The van der Waals surface area contributed by atoms with Crippen molar-refractivity contribution in [3.05, 3.63) is 29.5 Å². The molecular weight excluding hydrogens is 226 g/mol. The van der Waals surface area contributed by atoms with E-state index in [9.17, 15) is 0 Å². The lowest BCUT2D eigenvalue weighted by atomic mass is 10.4. The van der Waals surface area contributed by atoms with E-state index in [1.54, 1.807) is 7.11 Å². The predicted molar refractivity (Wildman–Crippen MR) is 61.4 cm³/mol. The van der Waals surface area contributed by atoms with Crippen LogP contribution in [0.3, 0.4) is 0 Å². The molecule has 2 heterocycles. The van der Waals surface area contributed by atoms with Crippen molar-refractivity contribution >= 4 is 16.7 Å². The van der Waals surface area contributed by atoms with E-state index in [4.69, 9.17) is 9.15 Å². The Morgan fingerprint density at radius 1 is 1.44 bits per heavy atom. The van der Waals surface area contributed by atoms with Crippen molar-refractivity contribution in [2.75, 3.05) is 12.4 Å². The van der Waals surface area contributed by atoms with Gasteiger partial charge in [-0.15, -0.1) is 0 Å². The van der Waals surface area contributed by atoms with Crippen LogP contribution in [0, 0.1) is 6.92 Å². The van der Waals surface area contributed by atoms with Crippen molar-refractivity contribution in [2.45, 2.75) is 20.1 Å². The zero-order valence-electron chi connectivity index (χ0n) is 9.19. The number of aromatic nitrogens is 2. The molecule has 0 fully saturated rings. The molecule has 0 aliphatic carbocycles. The summed E-state index contributed by atoms with van der Waals surface area (Å²) >= 11 is 1.35. The third kappa shape index (κ3) is 2.80. The quantitative estimate of drug-likeness (QED) is 0.866. The SMILES string of the molecule is COCc1ccc(CNc2nc(C)ns2)o1. The average molecular weight is 239 g/mol. The second-order valence-electron chi connectivity index (χ2n) is 3.30. The first kappa shape index (κ1) is 11.1. The summed E-state index contributed by atoms with van der Waals surface area (Å²) in [5.41, 5.74) is 0. The first-order chi connectivity index (χ1) is 7.78. The second-order valence-corrected chi connectivity index (χ2v) is 4.05. The number of aryl methyl sites for hydroxylation is 1. The van der Waals surface area contributed by atoms with Crippen molar-refractivity contribution in [3.8, 4) is 0 Å². The summed E-state index contributed by atoms with van der Waals surface area (Å²) in [4.78, 5) is 4.20. The lowest BCUT2D eigenvalue weighted by molar-refractivity contribution is 0.163. The summed E-state index contributed by atoms with van der Waals surface area (Å²) in [7, 11) is 1.64. The molecule has 0 saturated carbocycles. The number of hydrogen-bond donors (Lipinski definition) is 1. The van der Waals surface area contributed by atoms with E-state index in [2.05, 4.69) is 14.7 Å². The second kappa shape index (κ2) is 5.09. The predicted octanol–water partition coefficient (Wildman–Crippen LogP) is 2.20. The number of ether oxygens (including phenoxy) is 1. The Morgan fingerprint density at radius 2 is 2.25 bits per heavy atom. The van der Waals surface area contributed by atoms with Gasteiger partial charge in [0, 0.05) is 18.6 Å². The zero-order chi connectivity index (χ0) is 11.4. The molecule has 0 bridgehead atoms. The maximum Gasteiger partial charge on any atom is 0.202 e. The van der Waals surface area contributed by atoms with Crippen molar-refractivity contribution in [1.82, 2.24) is 9.36 Å². The third-order valence-corrected chi connectivity index (χ3v) is 2.71. The molecule has 16 heavy (non-hydrogen) atoms. The number of methoxy groups -OCH3 is 1. The molecule has 86 valence electrons. The van der Waals surface area contributed by atoms with Crippen LogP contribution in [-0.2, 0) is 17.9 Å². The van der Waals surface area contributed by atoms with Crippen LogP contribution in [0.5, 0.6) is 0 Å². The molecule has 0 amide bonds. The lowest BCUT2D eigenvalue weighted by Crippen LogP contribution is -1.97. The van der Waals surface area contributed by atoms with Gasteiger partial charge in [0.1, 0.15) is 24.0 Å². The van der Waals surface area contributed by atoms with Gasteiger partial charge in [0.2, 0.25) is 5.13 Å². The molecule has 0 aliphatic heterocycles. The standard InChI is InChI=1S/C10H13N3O2S/c1-7-12-10(16-13-7)11-5-8-3-4-9(15-8)6-14-2/h3-4H,5-6H2,1-2H3,(H,11,12,13). The van der Waals surface area contributed by atoms with E-state index in [1.165, 1.54) is 11.5 Å². The first-order valence-electron chi connectivity index (χ1n) is 4.88. The average Bonchev–Trinajstić information content (AvgIpc) is 2.85. The Balaban J connectivity index is 1.89. The molecule has 0 radical (unpaired) electrons. The van der Waals surface area contributed by atoms with Crippen LogP contribution < -0.4 is 5.32 Å². The summed E-state index contributed by atoms with van der Waals surface area (Å²) in [5, 5.41) is 3.96. The number of nitrogens with zero attached hydrogens (tertiary/aromatic N) is 2. The van der Waals surface area contributed by atoms with E-state index >= 15 is 0 Å². The normalized spacial score (nSPS) is 10.6. The van der Waals surface area contributed by atoms with Gasteiger partial charge in [0.05, 0.1) is 6.54 Å². The smallest absolute Gasteiger partial charge is 0.202 e. The number of rotatable bonds is 5. The van der Waals surface area contributed by atoms with E-state index in [0.717, 1.165) is 22.5 Å². The Labute approximate surface area is 97.6 Å². The number of furan rings is 1. The summed E-state index contributed by atoms with van der Waals surface area (Å²) in [6, 6.07) is 3.83. The van der Waals surface area contributed by atoms with E-state index in [1.807, 2.05) is 19.1 Å². The fourth-order valence-electron chi connectivity index (χ4n) is 1.27. The maximum atomic E-state index is 5.52. The molecule has 2 aromatic rings. The van der Waals surface area contributed by atoms with Gasteiger partial charge in [-0.3, -0.25) is 0 Å². The summed E-state index contributed by atoms with van der Waals surface area (Å²) in [6.07, 6.45) is 0. The highest BCUT2D eigenvalue weighted by atomic mass is 32.1. The molecule has 0 atom stereocenters. The van der Waals surface area contributed by atoms with Crippen LogP contribution in [0.4, 0.5) is 5.13 Å². The van der Waals surface area contributed by atoms with Gasteiger partial charge >= 0.3 is 0 Å². The van der Waals surface area contributed by atoms with Crippen molar-refractivity contribution in [2.24, 2.45) is 0 Å². The van der Waals surface area contributed by atoms with Crippen LogP contribution in [0.15, 0.2) is 16.5 Å². The van der Waals surface area contributed by atoms with Crippen LogP contribution in [0.1, 0.15) is 17.3 Å². The molecule has 2 aromatic heterocycles. The Hall–Kier alpha value is -1.40.